The van der Waals surface area contributed by atoms with Gasteiger partial charge in [-0.15, -0.1) is 0 Å². The predicted molar refractivity (Wildman–Crippen MR) is 76.3 cm³/mol. The summed E-state index contributed by atoms with van der Waals surface area (Å²) in [5.41, 5.74) is 4.23. The quantitative estimate of drug-likeness (QED) is 0.651. The molecule has 17 heavy (non-hydrogen) atoms. The summed E-state index contributed by atoms with van der Waals surface area (Å²) >= 11 is 0. The lowest BCUT2D eigenvalue weighted by atomic mass is 9.82. The zero-order valence-corrected chi connectivity index (χ0v) is 11.7. The third kappa shape index (κ3) is 3.07. The first kappa shape index (κ1) is 13.7. The van der Waals surface area contributed by atoms with Crippen molar-refractivity contribution in [3.8, 4) is 11.1 Å². The van der Waals surface area contributed by atoms with Gasteiger partial charge in [0, 0.05) is 11.0 Å². The first-order valence-electron chi connectivity index (χ1n) is 5.74. The van der Waals surface area contributed by atoms with Crippen molar-refractivity contribution in [2.45, 2.75) is 26.2 Å². The van der Waals surface area contributed by atoms with Gasteiger partial charge in [-0.05, 0) is 22.1 Å². The van der Waals surface area contributed by atoms with Crippen LogP contribution in [0.1, 0.15) is 26.3 Å². The number of rotatable bonds is 1. The SMILES string of the molecule is CC(C)(C)c1ccccc1-c1ccccc1.[Si]. The first-order chi connectivity index (χ1) is 7.59. The highest BCUT2D eigenvalue weighted by atomic mass is 28.1. The zero-order valence-electron chi connectivity index (χ0n) is 10.7. The molecule has 0 saturated heterocycles. The Morgan fingerprint density at radius 3 is 1.82 bits per heavy atom. The van der Waals surface area contributed by atoms with E-state index in [1.165, 1.54) is 16.7 Å². The average molecular weight is 238 g/mol. The molecule has 0 nitrogen and oxygen atoms in total. The van der Waals surface area contributed by atoms with Crippen molar-refractivity contribution in [1.82, 2.24) is 0 Å². The molecule has 2 aromatic rings. The predicted octanol–water partition coefficient (Wildman–Crippen LogP) is 4.27. The molecular formula is C16H18Si. The van der Waals surface area contributed by atoms with Gasteiger partial charge >= 0.3 is 0 Å². The fourth-order valence-corrected chi connectivity index (χ4v) is 2.01. The van der Waals surface area contributed by atoms with Gasteiger partial charge in [0.2, 0.25) is 0 Å². The summed E-state index contributed by atoms with van der Waals surface area (Å²) in [6.45, 7) is 6.78. The summed E-state index contributed by atoms with van der Waals surface area (Å²) in [5, 5.41) is 0. The van der Waals surface area contributed by atoms with Crippen molar-refractivity contribution < 1.29 is 0 Å². The minimum Gasteiger partial charge on any atom is -0.0622 e. The van der Waals surface area contributed by atoms with Crippen molar-refractivity contribution in [3.05, 3.63) is 60.2 Å². The van der Waals surface area contributed by atoms with Crippen molar-refractivity contribution >= 4 is 11.0 Å². The van der Waals surface area contributed by atoms with Crippen LogP contribution in [0.25, 0.3) is 11.1 Å². The minimum atomic E-state index is 0. The second-order valence-corrected chi connectivity index (χ2v) is 5.16. The third-order valence-electron chi connectivity index (χ3n) is 2.82. The Morgan fingerprint density at radius 2 is 1.24 bits per heavy atom. The van der Waals surface area contributed by atoms with E-state index in [0.717, 1.165) is 0 Å². The molecule has 0 N–H and O–H groups in total. The molecule has 0 aliphatic heterocycles. The van der Waals surface area contributed by atoms with Crippen LogP contribution >= 0.6 is 0 Å². The molecule has 0 fully saturated rings. The lowest BCUT2D eigenvalue weighted by Gasteiger charge is -2.23. The van der Waals surface area contributed by atoms with Crippen LogP contribution in [-0.2, 0) is 5.41 Å². The third-order valence-corrected chi connectivity index (χ3v) is 2.82. The van der Waals surface area contributed by atoms with Crippen LogP contribution in [0.5, 0.6) is 0 Å². The molecule has 4 radical (unpaired) electrons. The van der Waals surface area contributed by atoms with Gasteiger partial charge in [-0.25, -0.2) is 0 Å². The van der Waals surface area contributed by atoms with E-state index in [1.807, 2.05) is 0 Å². The largest absolute Gasteiger partial charge is 0.0622 e. The van der Waals surface area contributed by atoms with E-state index in [1.54, 1.807) is 0 Å². The highest BCUT2D eigenvalue weighted by molar-refractivity contribution is 5.75. The van der Waals surface area contributed by atoms with Gasteiger partial charge in [-0.3, -0.25) is 0 Å². The molecule has 0 aromatic heterocycles. The summed E-state index contributed by atoms with van der Waals surface area (Å²) in [6, 6.07) is 19.2. The van der Waals surface area contributed by atoms with Crippen molar-refractivity contribution in [2.24, 2.45) is 0 Å². The summed E-state index contributed by atoms with van der Waals surface area (Å²) < 4.78 is 0. The topological polar surface area (TPSA) is 0 Å². The minimum absolute atomic E-state index is 0. The van der Waals surface area contributed by atoms with Crippen molar-refractivity contribution in [2.75, 3.05) is 0 Å². The summed E-state index contributed by atoms with van der Waals surface area (Å²) in [4.78, 5) is 0. The second kappa shape index (κ2) is 5.33. The number of benzene rings is 2. The maximum Gasteiger partial charge on any atom is 0 e. The second-order valence-electron chi connectivity index (χ2n) is 5.16. The molecule has 0 heterocycles. The van der Waals surface area contributed by atoms with E-state index in [0.29, 0.717) is 0 Å². The zero-order chi connectivity index (χ0) is 11.6. The van der Waals surface area contributed by atoms with Gasteiger partial charge in [0.25, 0.3) is 0 Å². The van der Waals surface area contributed by atoms with E-state index in [9.17, 15) is 0 Å². The molecule has 0 bridgehead atoms. The Hall–Kier alpha value is -1.34. The Balaban J connectivity index is 0.00000144. The molecule has 0 aliphatic rings. The first-order valence-corrected chi connectivity index (χ1v) is 5.74. The van der Waals surface area contributed by atoms with Crippen molar-refractivity contribution in [1.29, 1.82) is 0 Å². The Bertz CT molecular complexity index is 466. The molecule has 2 aromatic carbocycles. The van der Waals surface area contributed by atoms with Crippen LogP contribution in [0.4, 0.5) is 0 Å². The molecule has 0 atom stereocenters. The molecule has 1 heteroatoms. The number of hydrogen-bond acceptors (Lipinski definition) is 0. The highest BCUT2D eigenvalue weighted by Crippen LogP contribution is 2.32. The van der Waals surface area contributed by atoms with Crippen LogP contribution < -0.4 is 0 Å². The molecule has 0 amide bonds. The summed E-state index contributed by atoms with van der Waals surface area (Å²) in [6.07, 6.45) is 0. The fraction of sp³-hybridized carbons (Fsp3) is 0.250. The standard InChI is InChI=1S/C16H18.Si/c1-16(2,3)15-12-8-7-11-14(15)13-9-5-4-6-10-13;/h4-12H,1-3H3;. The smallest absolute Gasteiger partial charge is 0 e. The molecule has 0 spiro atoms. The highest BCUT2D eigenvalue weighted by Gasteiger charge is 2.17. The van der Waals surface area contributed by atoms with Gasteiger partial charge in [0.15, 0.2) is 0 Å². The molecule has 86 valence electrons. The van der Waals surface area contributed by atoms with E-state index < -0.39 is 0 Å². The molecule has 0 aliphatic carbocycles. The van der Waals surface area contributed by atoms with Gasteiger partial charge < -0.3 is 0 Å². The molecular weight excluding hydrogens is 220 g/mol. The normalized spacial score (nSPS) is 10.8. The summed E-state index contributed by atoms with van der Waals surface area (Å²) in [5.74, 6) is 0. The molecule has 0 saturated carbocycles. The van der Waals surface area contributed by atoms with Gasteiger partial charge in [0.05, 0.1) is 0 Å². The Kier molecular flexibility index (Phi) is 4.30. The number of hydrogen-bond donors (Lipinski definition) is 0. The Labute approximate surface area is 109 Å². The van der Waals surface area contributed by atoms with E-state index >= 15 is 0 Å². The van der Waals surface area contributed by atoms with Gasteiger partial charge in [-0.1, -0.05) is 75.4 Å². The fourth-order valence-electron chi connectivity index (χ4n) is 2.01. The summed E-state index contributed by atoms with van der Waals surface area (Å²) in [7, 11) is 0. The van der Waals surface area contributed by atoms with Crippen LogP contribution in [0.2, 0.25) is 0 Å². The van der Waals surface area contributed by atoms with Gasteiger partial charge in [0.1, 0.15) is 0 Å². The van der Waals surface area contributed by atoms with Crippen LogP contribution in [0, 0.1) is 0 Å². The maximum atomic E-state index is 2.26. The lowest BCUT2D eigenvalue weighted by molar-refractivity contribution is 0.592. The van der Waals surface area contributed by atoms with Gasteiger partial charge in [-0.2, -0.15) is 0 Å². The van der Waals surface area contributed by atoms with Crippen LogP contribution in [-0.4, -0.2) is 11.0 Å². The van der Waals surface area contributed by atoms with Crippen LogP contribution in [0.15, 0.2) is 54.6 Å². The molecule has 0 unspecified atom stereocenters. The lowest BCUT2D eigenvalue weighted by Crippen LogP contribution is -2.12. The monoisotopic (exact) mass is 238 g/mol. The van der Waals surface area contributed by atoms with E-state index in [4.69, 9.17) is 0 Å². The van der Waals surface area contributed by atoms with Crippen LogP contribution in [0.3, 0.4) is 0 Å². The van der Waals surface area contributed by atoms with E-state index in [2.05, 4.69) is 75.4 Å². The van der Waals surface area contributed by atoms with E-state index in [-0.39, 0.29) is 16.4 Å². The maximum absolute atomic E-state index is 2.26. The average Bonchev–Trinajstić information content (AvgIpc) is 2.29. The Morgan fingerprint density at radius 1 is 0.706 bits per heavy atom. The molecule has 2 rings (SSSR count). The van der Waals surface area contributed by atoms with Crippen molar-refractivity contribution in [3.63, 3.8) is 0 Å².